The number of amides is 1. The minimum absolute atomic E-state index is 0.269. The highest BCUT2D eigenvalue weighted by Crippen LogP contribution is 2.37. The quantitative estimate of drug-likeness (QED) is 0.564. The number of hydrogen-bond donors (Lipinski definition) is 4. The lowest BCUT2D eigenvalue weighted by atomic mass is 9.75. The van der Waals surface area contributed by atoms with Crippen LogP contribution in [-0.4, -0.2) is 60.9 Å². The van der Waals surface area contributed by atoms with E-state index >= 15 is 0 Å². The Bertz CT molecular complexity index is 600. The third-order valence-electron chi connectivity index (χ3n) is 8.98. The SMILES string of the molecule is CC(=O)N1CCC2CCCC(NC3CCNC(NC4CC5CCCCC5CN4)C3)C21. The van der Waals surface area contributed by atoms with Crippen molar-refractivity contribution in [2.24, 2.45) is 17.8 Å². The molecule has 0 radical (unpaired) electrons. The molecule has 8 atom stereocenters. The second kappa shape index (κ2) is 9.43. The van der Waals surface area contributed by atoms with Gasteiger partial charge in [0.25, 0.3) is 0 Å². The summed E-state index contributed by atoms with van der Waals surface area (Å²) in [6, 6.07) is 1.46. The van der Waals surface area contributed by atoms with Crippen LogP contribution in [0.3, 0.4) is 0 Å². The van der Waals surface area contributed by atoms with Gasteiger partial charge in [-0.1, -0.05) is 25.7 Å². The molecule has 5 aliphatic rings. The number of nitrogens with zero attached hydrogens (tertiary/aromatic N) is 1. The van der Waals surface area contributed by atoms with Gasteiger partial charge in [-0.3, -0.25) is 10.1 Å². The maximum atomic E-state index is 12.2. The Kier molecular flexibility index (Phi) is 6.66. The molecule has 170 valence electrons. The molecule has 5 rings (SSSR count). The first-order chi connectivity index (χ1) is 14.7. The molecule has 0 spiro atoms. The van der Waals surface area contributed by atoms with Gasteiger partial charge < -0.3 is 20.9 Å². The lowest BCUT2D eigenvalue weighted by Crippen LogP contribution is -2.62. The topological polar surface area (TPSA) is 68.4 Å². The van der Waals surface area contributed by atoms with E-state index in [1.165, 1.54) is 70.8 Å². The molecule has 0 aromatic heterocycles. The maximum absolute atomic E-state index is 12.2. The van der Waals surface area contributed by atoms with Crippen molar-refractivity contribution in [2.75, 3.05) is 19.6 Å². The number of likely N-dealkylation sites (tertiary alicyclic amines) is 1. The summed E-state index contributed by atoms with van der Waals surface area (Å²) in [5, 5.41) is 15.5. The Balaban J connectivity index is 1.14. The van der Waals surface area contributed by atoms with Crippen molar-refractivity contribution in [1.29, 1.82) is 0 Å². The van der Waals surface area contributed by atoms with Crippen molar-refractivity contribution in [3.05, 3.63) is 0 Å². The molecule has 30 heavy (non-hydrogen) atoms. The van der Waals surface area contributed by atoms with Crippen LogP contribution in [0.1, 0.15) is 77.6 Å². The fourth-order valence-corrected chi connectivity index (χ4v) is 7.47. The zero-order chi connectivity index (χ0) is 20.5. The fraction of sp³-hybridized carbons (Fsp3) is 0.958. The predicted molar refractivity (Wildman–Crippen MR) is 120 cm³/mol. The largest absolute Gasteiger partial charge is 0.338 e. The Morgan fingerprint density at radius 1 is 0.833 bits per heavy atom. The van der Waals surface area contributed by atoms with E-state index in [-0.39, 0.29) is 5.91 Å². The minimum atomic E-state index is 0.269. The van der Waals surface area contributed by atoms with E-state index in [0.717, 1.165) is 31.3 Å². The van der Waals surface area contributed by atoms with E-state index in [9.17, 15) is 4.79 Å². The number of fused-ring (bicyclic) bond motifs is 2. The number of carbonyl (C=O) groups excluding carboxylic acids is 1. The average molecular weight is 418 g/mol. The highest BCUT2D eigenvalue weighted by Gasteiger charge is 2.43. The first-order valence-corrected chi connectivity index (χ1v) is 12.9. The van der Waals surface area contributed by atoms with Crippen LogP contribution in [0.2, 0.25) is 0 Å². The Hall–Kier alpha value is -0.690. The van der Waals surface area contributed by atoms with Crippen molar-refractivity contribution >= 4 is 5.91 Å². The van der Waals surface area contributed by atoms with E-state index in [2.05, 4.69) is 26.2 Å². The summed E-state index contributed by atoms with van der Waals surface area (Å²) in [5.74, 6) is 2.82. The summed E-state index contributed by atoms with van der Waals surface area (Å²) >= 11 is 0. The van der Waals surface area contributed by atoms with Crippen LogP contribution < -0.4 is 21.3 Å². The highest BCUT2D eigenvalue weighted by atomic mass is 16.2. The molecule has 0 bridgehead atoms. The summed E-state index contributed by atoms with van der Waals surface area (Å²) in [4.78, 5) is 14.4. The predicted octanol–water partition coefficient (Wildman–Crippen LogP) is 2.16. The van der Waals surface area contributed by atoms with Gasteiger partial charge >= 0.3 is 0 Å². The van der Waals surface area contributed by atoms with Gasteiger partial charge in [0.2, 0.25) is 5.91 Å². The highest BCUT2D eigenvalue weighted by molar-refractivity contribution is 5.74. The third-order valence-corrected chi connectivity index (χ3v) is 8.98. The van der Waals surface area contributed by atoms with Crippen LogP contribution in [0, 0.1) is 17.8 Å². The molecule has 5 fully saturated rings. The van der Waals surface area contributed by atoms with Gasteiger partial charge in [0.1, 0.15) is 0 Å². The second-order valence-corrected chi connectivity index (χ2v) is 10.9. The zero-order valence-corrected chi connectivity index (χ0v) is 18.9. The van der Waals surface area contributed by atoms with E-state index in [1.807, 2.05) is 0 Å². The zero-order valence-electron chi connectivity index (χ0n) is 18.9. The van der Waals surface area contributed by atoms with E-state index in [4.69, 9.17) is 0 Å². The van der Waals surface area contributed by atoms with Crippen molar-refractivity contribution in [3.63, 3.8) is 0 Å². The molecule has 0 aromatic carbocycles. The monoisotopic (exact) mass is 417 g/mol. The van der Waals surface area contributed by atoms with Gasteiger partial charge in [-0.15, -0.1) is 0 Å². The Labute approximate surface area is 182 Å². The molecular formula is C24H43N5O. The molecule has 2 saturated carbocycles. The first-order valence-electron chi connectivity index (χ1n) is 12.9. The molecule has 0 aromatic rings. The van der Waals surface area contributed by atoms with Crippen molar-refractivity contribution in [2.45, 2.75) is 108 Å². The summed E-state index contributed by atoms with van der Waals surface area (Å²) in [6.45, 7) is 5.00. The molecule has 4 N–H and O–H groups in total. The molecule has 2 aliphatic carbocycles. The standard InChI is InChI=1S/C24H43N5O/c1-16(30)29-12-10-17-7-4-8-21(24(17)29)27-20-9-11-25-23(14-20)28-22-13-18-5-2-3-6-19(18)15-26-22/h17-28H,2-15H2,1H3. The lowest BCUT2D eigenvalue weighted by Gasteiger charge is -2.44. The molecule has 8 unspecified atom stereocenters. The summed E-state index contributed by atoms with van der Waals surface area (Å²) in [6.07, 6.45) is 15.2. The van der Waals surface area contributed by atoms with Crippen LogP contribution >= 0.6 is 0 Å². The van der Waals surface area contributed by atoms with Gasteiger partial charge in [0.05, 0.1) is 12.3 Å². The summed E-state index contributed by atoms with van der Waals surface area (Å²) < 4.78 is 0. The van der Waals surface area contributed by atoms with Gasteiger partial charge in [-0.25, -0.2) is 0 Å². The van der Waals surface area contributed by atoms with Gasteiger partial charge in [0, 0.05) is 31.6 Å². The number of rotatable bonds is 4. The third kappa shape index (κ3) is 4.57. The summed E-state index contributed by atoms with van der Waals surface area (Å²) in [5.41, 5.74) is 0. The molecule has 3 aliphatic heterocycles. The van der Waals surface area contributed by atoms with Gasteiger partial charge in [-0.2, -0.15) is 0 Å². The van der Waals surface area contributed by atoms with Gasteiger partial charge in [-0.05, 0) is 75.8 Å². The normalized spacial score (nSPS) is 44.4. The second-order valence-electron chi connectivity index (χ2n) is 10.9. The molecule has 6 heteroatoms. The van der Waals surface area contributed by atoms with E-state index < -0.39 is 0 Å². The number of nitrogens with one attached hydrogen (secondary N) is 4. The molecule has 1 amide bonds. The Morgan fingerprint density at radius 2 is 1.63 bits per heavy atom. The first kappa shape index (κ1) is 21.2. The average Bonchev–Trinajstić information content (AvgIpc) is 3.20. The molecule has 6 nitrogen and oxygen atoms in total. The van der Waals surface area contributed by atoms with E-state index in [1.54, 1.807) is 6.92 Å². The van der Waals surface area contributed by atoms with Crippen LogP contribution in [0.4, 0.5) is 0 Å². The van der Waals surface area contributed by atoms with E-state index in [0.29, 0.717) is 36.4 Å². The van der Waals surface area contributed by atoms with Crippen molar-refractivity contribution < 1.29 is 4.79 Å². The minimum Gasteiger partial charge on any atom is -0.338 e. The van der Waals surface area contributed by atoms with Crippen molar-refractivity contribution in [3.8, 4) is 0 Å². The summed E-state index contributed by atoms with van der Waals surface area (Å²) in [7, 11) is 0. The van der Waals surface area contributed by atoms with Crippen LogP contribution in [-0.2, 0) is 4.79 Å². The smallest absolute Gasteiger partial charge is 0.219 e. The Morgan fingerprint density at radius 3 is 2.50 bits per heavy atom. The van der Waals surface area contributed by atoms with Crippen molar-refractivity contribution in [1.82, 2.24) is 26.2 Å². The number of carbonyl (C=O) groups is 1. The van der Waals surface area contributed by atoms with Crippen LogP contribution in [0.25, 0.3) is 0 Å². The van der Waals surface area contributed by atoms with Crippen LogP contribution in [0.15, 0.2) is 0 Å². The van der Waals surface area contributed by atoms with Gasteiger partial charge in [0.15, 0.2) is 0 Å². The number of piperidine rings is 2. The maximum Gasteiger partial charge on any atom is 0.219 e. The lowest BCUT2D eigenvalue weighted by molar-refractivity contribution is -0.131. The fourth-order valence-electron chi connectivity index (χ4n) is 7.47. The molecule has 3 saturated heterocycles. The number of hydrogen-bond acceptors (Lipinski definition) is 5. The van der Waals surface area contributed by atoms with Crippen LogP contribution in [0.5, 0.6) is 0 Å². The molecule has 3 heterocycles. The molecular weight excluding hydrogens is 374 g/mol.